The Balaban J connectivity index is 1.52. The maximum Gasteiger partial charge on any atom is 0.311 e. The van der Waals surface area contributed by atoms with Crippen LogP contribution in [-0.4, -0.2) is 46.1 Å². The lowest BCUT2D eigenvalue weighted by molar-refractivity contribution is -0.385. The van der Waals surface area contributed by atoms with Crippen molar-refractivity contribution >= 4 is 11.6 Å². The average Bonchev–Trinajstić information content (AvgIpc) is 3.33. The third-order valence-corrected chi connectivity index (χ3v) is 5.29. The number of methoxy groups -OCH3 is 1. The molecule has 0 spiro atoms. The summed E-state index contributed by atoms with van der Waals surface area (Å²) in [6.07, 6.45) is 2.47. The molecule has 2 aromatic carbocycles. The van der Waals surface area contributed by atoms with Crippen molar-refractivity contribution in [2.24, 2.45) is 0 Å². The maximum absolute atomic E-state index is 12.8. The Morgan fingerprint density at radius 2 is 2.06 bits per heavy atom. The number of likely N-dealkylation sites (tertiary alicyclic amines) is 1. The quantitative estimate of drug-likeness (QED) is 0.403. The van der Waals surface area contributed by atoms with Gasteiger partial charge in [0.2, 0.25) is 11.7 Å². The molecule has 1 fully saturated rings. The van der Waals surface area contributed by atoms with E-state index in [2.05, 4.69) is 10.1 Å². The zero-order valence-corrected chi connectivity index (χ0v) is 17.5. The van der Waals surface area contributed by atoms with E-state index in [1.54, 1.807) is 23.1 Å². The molecule has 1 atom stereocenters. The minimum atomic E-state index is -0.530. The van der Waals surface area contributed by atoms with E-state index in [0.717, 1.165) is 12.8 Å². The Morgan fingerprint density at radius 3 is 2.81 bits per heavy atom. The van der Waals surface area contributed by atoms with E-state index < -0.39 is 4.92 Å². The molecule has 32 heavy (non-hydrogen) atoms. The number of rotatable bonds is 7. The highest BCUT2D eigenvalue weighted by molar-refractivity contribution is 5.78. The standard InChI is InChI=1S/C22H22N4O6/c1-30-19-11-10-15(13-18(19)26(28)29)21-23-22(32-24-21)17-9-5-6-12-25(17)20(27)14-31-16-7-3-2-4-8-16/h2-4,7-8,10-11,13,17H,5-6,9,12,14H2,1H3. The first-order valence-corrected chi connectivity index (χ1v) is 10.2. The number of hydrogen-bond acceptors (Lipinski definition) is 8. The summed E-state index contributed by atoms with van der Waals surface area (Å²) in [5, 5.41) is 15.3. The van der Waals surface area contributed by atoms with Crippen molar-refractivity contribution in [1.82, 2.24) is 15.0 Å². The third-order valence-electron chi connectivity index (χ3n) is 5.29. The molecule has 10 nitrogen and oxygen atoms in total. The summed E-state index contributed by atoms with van der Waals surface area (Å²) in [5.74, 6) is 1.11. The Hall–Kier alpha value is -3.95. The molecular weight excluding hydrogens is 416 g/mol. The lowest BCUT2D eigenvalue weighted by Crippen LogP contribution is -2.41. The number of amides is 1. The second-order valence-electron chi connectivity index (χ2n) is 7.30. The lowest BCUT2D eigenvalue weighted by atomic mass is 10.0. The number of piperidine rings is 1. The molecule has 1 amide bonds. The second-order valence-corrected chi connectivity index (χ2v) is 7.30. The summed E-state index contributed by atoms with van der Waals surface area (Å²) in [4.78, 5) is 29.7. The number of nitrogens with zero attached hydrogens (tertiary/aromatic N) is 4. The predicted molar refractivity (Wildman–Crippen MR) is 113 cm³/mol. The number of benzene rings is 2. The molecule has 166 valence electrons. The molecule has 0 bridgehead atoms. The van der Waals surface area contributed by atoms with Gasteiger partial charge in [0, 0.05) is 18.2 Å². The van der Waals surface area contributed by atoms with Gasteiger partial charge in [0.25, 0.3) is 5.91 Å². The fraction of sp³-hybridized carbons (Fsp3) is 0.318. The van der Waals surface area contributed by atoms with E-state index >= 15 is 0 Å². The zero-order valence-electron chi connectivity index (χ0n) is 17.5. The Kier molecular flexibility index (Phi) is 6.29. The number of hydrogen-bond donors (Lipinski definition) is 0. The average molecular weight is 438 g/mol. The van der Waals surface area contributed by atoms with Crippen LogP contribution in [-0.2, 0) is 4.79 Å². The fourth-order valence-electron chi connectivity index (χ4n) is 3.69. The predicted octanol–water partition coefficient (Wildman–Crippen LogP) is 3.79. The molecule has 0 N–H and O–H groups in total. The number of carbonyl (C=O) groups is 1. The van der Waals surface area contributed by atoms with Gasteiger partial charge in [-0.05, 0) is 43.5 Å². The van der Waals surface area contributed by atoms with Gasteiger partial charge in [-0.1, -0.05) is 23.4 Å². The number of nitro groups is 1. The van der Waals surface area contributed by atoms with Crippen LogP contribution in [0, 0.1) is 10.1 Å². The van der Waals surface area contributed by atoms with E-state index in [1.807, 2.05) is 18.2 Å². The first kappa shape index (κ1) is 21.3. The highest BCUT2D eigenvalue weighted by Crippen LogP contribution is 2.34. The molecule has 10 heteroatoms. The molecule has 0 saturated carbocycles. The van der Waals surface area contributed by atoms with E-state index in [4.69, 9.17) is 14.0 Å². The van der Waals surface area contributed by atoms with Crippen LogP contribution in [0.1, 0.15) is 31.2 Å². The summed E-state index contributed by atoms with van der Waals surface area (Å²) in [6, 6.07) is 13.2. The topological polar surface area (TPSA) is 121 Å². The van der Waals surface area contributed by atoms with Gasteiger partial charge in [0.15, 0.2) is 12.4 Å². The van der Waals surface area contributed by atoms with Crippen LogP contribution in [0.2, 0.25) is 0 Å². The van der Waals surface area contributed by atoms with Crippen molar-refractivity contribution in [1.29, 1.82) is 0 Å². The molecule has 0 radical (unpaired) electrons. The van der Waals surface area contributed by atoms with E-state index in [0.29, 0.717) is 30.2 Å². The molecule has 1 saturated heterocycles. The molecule has 1 aliphatic rings. The van der Waals surface area contributed by atoms with Gasteiger partial charge in [-0.25, -0.2) is 0 Å². The number of carbonyl (C=O) groups excluding carboxylic acids is 1. The van der Waals surface area contributed by atoms with Crippen LogP contribution in [0.5, 0.6) is 11.5 Å². The van der Waals surface area contributed by atoms with Gasteiger partial charge in [-0.2, -0.15) is 4.98 Å². The van der Waals surface area contributed by atoms with Crippen LogP contribution >= 0.6 is 0 Å². The second kappa shape index (κ2) is 9.46. The molecule has 1 aliphatic heterocycles. The number of para-hydroxylation sites is 1. The van der Waals surface area contributed by atoms with Crippen LogP contribution in [0.15, 0.2) is 53.1 Å². The summed E-state index contributed by atoms with van der Waals surface area (Å²) >= 11 is 0. The summed E-state index contributed by atoms with van der Waals surface area (Å²) < 4.78 is 16.1. The number of aromatic nitrogens is 2. The minimum absolute atomic E-state index is 0.0911. The molecule has 0 aliphatic carbocycles. The highest BCUT2D eigenvalue weighted by atomic mass is 16.6. The van der Waals surface area contributed by atoms with Gasteiger partial charge < -0.3 is 18.9 Å². The fourth-order valence-corrected chi connectivity index (χ4v) is 3.69. The van der Waals surface area contributed by atoms with Crippen LogP contribution < -0.4 is 9.47 Å². The molecule has 1 unspecified atom stereocenters. The zero-order chi connectivity index (χ0) is 22.5. The first-order chi connectivity index (χ1) is 15.6. The summed E-state index contributed by atoms with van der Waals surface area (Å²) in [6.45, 7) is 0.472. The Morgan fingerprint density at radius 1 is 1.25 bits per heavy atom. The van der Waals surface area contributed by atoms with Crippen LogP contribution in [0.25, 0.3) is 11.4 Å². The molecular formula is C22H22N4O6. The lowest BCUT2D eigenvalue weighted by Gasteiger charge is -2.33. The van der Waals surface area contributed by atoms with Crippen molar-refractivity contribution in [2.45, 2.75) is 25.3 Å². The third kappa shape index (κ3) is 4.53. The van der Waals surface area contributed by atoms with Crippen LogP contribution in [0.4, 0.5) is 5.69 Å². The van der Waals surface area contributed by atoms with Gasteiger partial charge >= 0.3 is 5.69 Å². The van der Waals surface area contributed by atoms with E-state index in [-0.39, 0.29) is 35.8 Å². The van der Waals surface area contributed by atoms with Crippen molar-refractivity contribution in [3.63, 3.8) is 0 Å². The van der Waals surface area contributed by atoms with Gasteiger partial charge in [-0.15, -0.1) is 0 Å². The van der Waals surface area contributed by atoms with Crippen molar-refractivity contribution in [2.75, 3.05) is 20.3 Å². The largest absolute Gasteiger partial charge is 0.490 e. The maximum atomic E-state index is 12.8. The first-order valence-electron chi connectivity index (χ1n) is 10.2. The SMILES string of the molecule is COc1ccc(-c2noc(C3CCCCN3C(=O)COc3ccccc3)n2)cc1[N+](=O)[O-]. The normalized spacial score (nSPS) is 15.9. The van der Waals surface area contributed by atoms with Gasteiger partial charge in [-0.3, -0.25) is 14.9 Å². The van der Waals surface area contributed by atoms with Crippen molar-refractivity contribution in [3.8, 4) is 22.9 Å². The van der Waals surface area contributed by atoms with Crippen molar-refractivity contribution in [3.05, 3.63) is 64.5 Å². The van der Waals surface area contributed by atoms with Gasteiger partial charge in [0.1, 0.15) is 11.8 Å². The minimum Gasteiger partial charge on any atom is -0.490 e. The molecule has 3 aromatic rings. The summed E-state index contributed by atoms with van der Waals surface area (Å²) in [5.41, 5.74) is 0.234. The molecule has 2 heterocycles. The van der Waals surface area contributed by atoms with Gasteiger partial charge in [0.05, 0.1) is 12.0 Å². The smallest absolute Gasteiger partial charge is 0.311 e. The monoisotopic (exact) mass is 438 g/mol. The highest BCUT2D eigenvalue weighted by Gasteiger charge is 2.32. The van der Waals surface area contributed by atoms with E-state index in [9.17, 15) is 14.9 Å². The Bertz CT molecular complexity index is 1100. The molecule has 4 rings (SSSR count). The number of nitro benzene ring substituents is 1. The molecule has 1 aromatic heterocycles. The van der Waals surface area contributed by atoms with Crippen LogP contribution in [0.3, 0.4) is 0 Å². The Labute approximate surface area is 183 Å². The number of ether oxygens (including phenoxy) is 2. The summed E-state index contributed by atoms with van der Waals surface area (Å²) in [7, 11) is 1.37. The van der Waals surface area contributed by atoms with E-state index in [1.165, 1.54) is 19.2 Å². The van der Waals surface area contributed by atoms with Crippen molar-refractivity contribution < 1.29 is 23.7 Å².